The number of carbonyl (C=O) groups is 1. The number of aromatic nitrogens is 1. The summed E-state index contributed by atoms with van der Waals surface area (Å²) in [5.74, 6) is 0.699. The van der Waals surface area contributed by atoms with Gasteiger partial charge in [-0.2, -0.15) is 0 Å². The number of furan rings is 1. The van der Waals surface area contributed by atoms with E-state index in [-0.39, 0.29) is 5.91 Å². The van der Waals surface area contributed by atoms with E-state index in [1.165, 1.54) is 6.08 Å². The van der Waals surface area contributed by atoms with Crippen molar-refractivity contribution >= 4 is 52.0 Å². The minimum Gasteiger partial charge on any atom is -0.465 e. The van der Waals surface area contributed by atoms with Crippen LogP contribution in [0.4, 0.5) is 5.69 Å². The minimum atomic E-state index is -0.282. The number of nitrogens with one attached hydrogen (secondary N) is 1. The topological polar surface area (TPSA) is 68.3 Å². The molecule has 0 radical (unpaired) electrons. The zero-order valence-corrected chi connectivity index (χ0v) is 15.3. The van der Waals surface area contributed by atoms with Gasteiger partial charge in [-0.25, -0.2) is 4.98 Å². The zero-order chi connectivity index (χ0) is 18.8. The lowest BCUT2D eigenvalue weighted by Gasteiger charge is -2.00. The van der Waals surface area contributed by atoms with E-state index in [1.54, 1.807) is 60.9 Å². The van der Waals surface area contributed by atoms with Gasteiger partial charge in [0.1, 0.15) is 11.3 Å². The first-order chi connectivity index (χ1) is 13.1. The molecule has 1 amide bonds. The fourth-order valence-corrected chi connectivity index (χ4v) is 3.00. The van der Waals surface area contributed by atoms with Crippen LogP contribution in [0.15, 0.2) is 69.7 Å². The van der Waals surface area contributed by atoms with Crippen LogP contribution >= 0.6 is 23.2 Å². The number of hydrogen-bond acceptors (Lipinski definition) is 4. The van der Waals surface area contributed by atoms with Gasteiger partial charge < -0.3 is 14.2 Å². The Morgan fingerprint density at radius 1 is 1.11 bits per heavy atom. The van der Waals surface area contributed by atoms with Gasteiger partial charge in [0.05, 0.1) is 16.8 Å². The molecule has 0 bridgehead atoms. The van der Waals surface area contributed by atoms with Crippen LogP contribution in [0.1, 0.15) is 5.76 Å². The molecular weight excluding hydrogens is 387 g/mol. The Bertz CT molecular complexity index is 1150. The summed E-state index contributed by atoms with van der Waals surface area (Å²) in [5.41, 5.74) is 2.42. The quantitative estimate of drug-likeness (QED) is 0.425. The Balaban J connectivity index is 1.56. The molecule has 1 N–H and O–H groups in total. The first-order valence-electron chi connectivity index (χ1n) is 7.97. The number of benzene rings is 2. The van der Waals surface area contributed by atoms with Gasteiger partial charge in [0.15, 0.2) is 5.58 Å². The average molecular weight is 399 g/mol. The van der Waals surface area contributed by atoms with E-state index >= 15 is 0 Å². The third-order valence-electron chi connectivity index (χ3n) is 3.76. The Morgan fingerprint density at radius 2 is 2.00 bits per heavy atom. The third-order valence-corrected chi connectivity index (χ3v) is 4.31. The maximum atomic E-state index is 12.0. The van der Waals surface area contributed by atoms with E-state index in [9.17, 15) is 4.79 Å². The van der Waals surface area contributed by atoms with Crippen molar-refractivity contribution < 1.29 is 13.6 Å². The number of halogens is 2. The Morgan fingerprint density at radius 3 is 2.78 bits per heavy atom. The van der Waals surface area contributed by atoms with Crippen molar-refractivity contribution in [2.45, 2.75) is 0 Å². The van der Waals surface area contributed by atoms with Crippen molar-refractivity contribution in [2.75, 3.05) is 5.32 Å². The molecular formula is C20H12Cl2N2O3. The van der Waals surface area contributed by atoms with E-state index in [4.69, 9.17) is 32.0 Å². The molecule has 0 spiro atoms. The van der Waals surface area contributed by atoms with Gasteiger partial charge in [0.25, 0.3) is 0 Å². The standard InChI is InChI=1S/C20H12Cl2N2O3/c21-12-3-6-15(16(22)10-12)20-24-17-11-13(4-7-18(17)27-20)23-19(25)8-5-14-2-1-9-26-14/h1-11H,(H,23,25)/b8-5+. The molecule has 0 aliphatic rings. The monoisotopic (exact) mass is 398 g/mol. The highest BCUT2D eigenvalue weighted by Crippen LogP contribution is 2.32. The van der Waals surface area contributed by atoms with Gasteiger partial charge in [0.2, 0.25) is 11.8 Å². The maximum Gasteiger partial charge on any atom is 0.248 e. The van der Waals surface area contributed by atoms with Crippen LogP contribution in [0.2, 0.25) is 10.0 Å². The van der Waals surface area contributed by atoms with Crippen molar-refractivity contribution in [1.29, 1.82) is 0 Å². The van der Waals surface area contributed by atoms with Crippen LogP contribution in [-0.2, 0) is 4.79 Å². The lowest BCUT2D eigenvalue weighted by molar-refractivity contribution is -0.111. The van der Waals surface area contributed by atoms with Crippen LogP contribution in [0.25, 0.3) is 28.6 Å². The molecule has 7 heteroatoms. The largest absolute Gasteiger partial charge is 0.465 e. The van der Waals surface area contributed by atoms with Crippen LogP contribution in [0.5, 0.6) is 0 Å². The fraction of sp³-hybridized carbons (Fsp3) is 0. The predicted molar refractivity (Wildman–Crippen MR) is 106 cm³/mol. The molecule has 134 valence electrons. The summed E-state index contributed by atoms with van der Waals surface area (Å²) in [5, 5.41) is 3.76. The Hall–Kier alpha value is -3.02. The van der Waals surface area contributed by atoms with Crippen molar-refractivity contribution in [1.82, 2.24) is 4.98 Å². The van der Waals surface area contributed by atoms with Crippen molar-refractivity contribution in [3.05, 3.63) is 76.7 Å². The van der Waals surface area contributed by atoms with Gasteiger partial charge in [-0.3, -0.25) is 4.79 Å². The van der Waals surface area contributed by atoms with E-state index in [0.717, 1.165) is 0 Å². The lowest BCUT2D eigenvalue weighted by atomic mass is 10.2. The average Bonchev–Trinajstić information content (AvgIpc) is 3.29. The van der Waals surface area contributed by atoms with Crippen LogP contribution < -0.4 is 5.32 Å². The number of carbonyl (C=O) groups excluding carboxylic acids is 1. The summed E-state index contributed by atoms with van der Waals surface area (Å²) in [4.78, 5) is 16.5. The summed E-state index contributed by atoms with van der Waals surface area (Å²) in [6.45, 7) is 0. The van der Waals surface area contributed by atoms with Gasteiger partial charge in [-0.15, -0.1) is 0 Å². The SMILES string of the molecule is O=C(/C=C/c1ccco1)Nc1ccc2oc(-c3ccc(Cl)cc3Cl)nc2c1. The molecule has 0 fully saturated rings. The summed E-state index contributed by atoms with van der Waals surface area (Å²) in [6.07, 6.45) is 4.52. The predicted octanol–water partition coefficient (Wildman–Crippen LogP) is 6.05. The number of fused-ring (bicyclic) bond motifs is 1. The molecule has 5 nitrogen and oxygen atoms in total. The highest BCUT2D eigenvalue weighted by molar-refractivity contribution is 6.36. The molecule has 4 rings (SSSR count). The smallest absolute Gasteiger partial charge is 0.248 e. The summed E-state index contributed by atoms with van der Waals surface area (Å²) >= 11 is 12.1. The van der Waals surface area contributed by atoms with Gasteiger partial charge in [0, 0.05) is 16.8 Å². The number of anilines is 1. The second-order valence-electron chi connectivity index (χ2n) is 5.66. The number of oxazole rings is 1. The van der Waals surface area contributed by atoms with Gasteiger partial charge in [-0.05, 0) is 54.6 Å². The van der Waals surface area contributed by atoms with E-state index < -0.39 is 0 Å². The number of hydrogen-bond donors (Lipinski definition) is 1. The maximum absolute atomic E-state index is 12.0. The lowest BCUT2D eigenvalue weighted by Crippen LogP contribution is -2.07. The molecule has 0 atom stereocenters. The fourth-order valence-electron chi connectivity index (χ4n) is 2.51. The molecule has 2 heterocycles. The molecule has 0 saturated carbocycles. The summed E-state index contributed by atoms with van der Waals surface area (Å²) in [6, 6.07) is 13.8. The van der Waals surface area contributed by atoms with Crippen molar-refractivity contribution in [2.24, 2.45) is 0 Å². The molecule has 4 aromatic rings. The van der Waals surface area contributed by atoms with Gasteiger partial charge >= 0.3 is 0 Å². The van der Waals surface area contributed by atoms with E-state index in [1.807, 2.05) is 0 Å². The van der Waals surface area contributed by atoms with Crippen molar-refractivity contribution in [3.63, 3.8) is 0 Å². The highest BCUT2D eigenvalue weighted by atomic mass is 35.5. The number of rotatable bonds is 4. The summed E-state index contributed by atoms with van der Waals surface area (Å²) in [7, 11) is 0. The summed E-state index contributed by atoms with van der Waals surface area (Å²) < 4.78 is 10.9. The molecule has 0 aliphatic heterocycles. The van der Waals surface area contributed by atoms with Crippen molar-refractivity contribution in [3.8, 4) is 11.5 Å². The molecule has 0 unspecified atom stereocenters. The normalized spacial score (nSPS) is 11.3. The van der Waals surface area contributed by atoms with E-state index in [0.29, 0.717) is 44.0 Å². The Kier molecular flexibility index (Phi) is 4.71. The second-order valence-corrected chi connectivity index (χ2v) is 6.51. The minimum absolute atomic E-state index is 0.282. The molecule has 2 aromatic heterocycles. The number of nitrogens with zero attached hydrogens (tertiary/aromatic N) is 1. The first-order valence-corrected chi connectivity index (χ1v) is 8.73. The molecule has 0 saturated heterocycles. The second kappa shape index (κ2) is 7.31. The number of amides is 1. The van der Waals surface area contributed by atoms with Crippen LogP contribution in [0, 0.1) is 0 Å². The van der Waals surface area contributed by atoms with Crippen LogP contribution in [0.3, 0.4) is 0 Å². The zero-order valence-electron chi connectivity index (χ0n) is 13.8. The molecule has 2 aromatic carbocycles. The highest BCUT2D eigenvalue weighted by Gasteiger charge is 2.12. The Labute approximate surface area is 164 Å². The van der Waals surface area contributed by atoms with Crippen LogP contribution in [-0.4, -0.2) is 10.9 Å². The third kappa shape index (κ3) is 3.89. The molecule has 0 aliphatic carbocycles. The van der Waals surface area contributed by atoms with E-state index in [2.05, 4.69) is 10.3 Å². The van der Waals surface area contributed by atoms with Gasteiger partial charge in [-0.1, -0.05) is 23.2 Å². The molecule has 27 heavy (non-hydrogen) atoms. The first kappa shape index (κ1) is 17.4.